The molecule has 6 heteroatoms. The summed E-state index contributed by atoms with van der Waals surface area (Å²) in [5, 5.41) is 7.18. The fraction of sp³-hybridized carbons (Fsp3) is 0.667. The molecule has 1 aromatic heterocycles. The Morgan fingerprint density at radius 3 is 2.67 bits per heavy atom. The Morgan fingerprint density at radius 2 is 2.10 bits per heavy atom. The number of nitrogens with one attached hydrogen (secondary N) is 1. The third-order valence-electron chi connectivity index (χ3n) is 4.70. The van der Waals surface area contributed by atoms with Crippen molar-refractivity contribution in [2.45, 2.75) is 38.0 Å². The van der Waals surface area contributed by atoms with Crippen molar-refractivity contribution in [3.8, 4) is 0 Å². The van der Waals surface area contributed by atoms with Crippen molar-refractivity contribution >= 4 is 18.1 Å². The topological polar surface area (TPSA) is 53.9 Å². The number of likely N-dealkylation sites (tertiary alicyclic amines) is 1. The van der Waals surface area contributed by atoms with Gasteiger partial charge in [-0.3, -0.25) is 9.89 Å². The summed E-state index contributed by atoms with van der Waals surface area (Å²) < 4.78 is 2.61. The molecule has 1 aliphatic carbocycles. The first-order valence-electron chi connectivity index (χ1n) is 7.72. The predicted octanol–water partition coefficient (Wildman–Crippen LogP) is 2.54. The van der Waals surface area contributed by atoms with Crippen molar-refractivity contribution in [3.05, 3.63) is 22.7 Å². The van der Waals surface area contributed by atoms with E-state index in [1.807, 2.05) is 16.5 Å². The van der Waals surface area contributed by atoms with Crippen LogP contribution in [0.5, 0.6) is 0 Å². The first kappa shape index (κ1) is 14.5. The van der Waals surface area contributed by atoms with E-state index in [-0.39, 0.29) is 5.92 Å². The van der Waals surface area contributed by atoms with Crippen LogP contribution in [0.3, 0.4) is 0 Å². The molecule has 21 heavy (non-hydrogen) atoms. The molecular formula is C15H22N4OS. The molecule has 0 spiro atoms. The van der Waals surface area contributed by atoms with Crippen LogP contribution in [-0.4, -0.2) is 38.7 Å². The number of H-pyrrole nitrogens is 1. The van der Waals surface area contributed by atoms with Crippen LogP contribution in [0.15, 0.2) is 12.2 Å². The fourth-order valence-corrected chi connectivity index (χ4v) is 3.50. The predicted molar refractivity (Wildman–Crippen MR) is 83.4 cm³/mol. The lowest BCUT2D eigenvalue weighted by Gasteiger charge is -2.34. The Labute approximate surface area is 130 Å². The highest BCUT2D eigenvalue weighted by atomic mass is 32.1. The molecule has 1 amide bonds. The lowest BCUT2D eigenvalue weighted by atomic mass is 9.90. The molecule has 1 fully saturated rings. The number of carbonyl (C=O) groups excluding carboxylic acids is 1. The van der Waals surface area contributed by atoms with Gasteiger partial charge in [0.2, 0.25) is 5.91 Å². The molecule has 1 aromatic rings. The van der Waals surface area contributed by atoms with Gasteiger partial charge in [-0.1, -0.05) is 12.2 Å². The molecule has 0 aromatic carbocycles. The maximum atomic E-state index is 12.5. The number of hydrogen-bond donors (Lipinski definition) is 1. The zero-order valence-corrected chi connectivity index (χ0v) is 13.2. The molecule has 1 N–H and O–H groups in total. The van der Waals surface area contributed by atoms with E-state index >= 15 is 0 Å². The van der Waals surface area contributed by atoms with E-state index in [4.69, 9.17) is 12.2 Å². The summed E-state index contributed by atoms with van der Waals surface area (Å²) in [6.45, 7) is 1.67. The van der Waals surface area contributed by atoms with Crippen molar-refractivity contribution in [2.75, 3.05) is 13.1 Å². The van der Waals surface area contributed by atoms with Crippen molar-refractivity contribution in [1.82, 2.24) is 19.7 Å². The summed E-state index contributed by atoms with van der Waals surface area (Å²) in [5.41, 5.74) is 0. The van der Waals surface area contributed by atoms with Crippen molar-refractivity contribution in [1.29, 1.82) is 0 Å². The number of hydrogen-bond acceptors (Lipinski definition) is 3. The summed E-state index contributed by atoms with van der Waals surface area (Å²) in [6.07, 6.45) is 9.23. The lowest BCUT2D eigenvalue weighted by Crippen LogP contribution is -2.41. The SMILES string of the molecule is Cn1c(C2CCN(C(=O)C3CC=CCC3)CC2)n[nH]c1=S. The van der Waals surface area contributed by atoms with Gasteiger partial charge in [0.05, 0.1) is 0 Å². The number of nitrogens with zero attached hydrogens (tertiary/aromatic N) is 3. The molecule has 2 aliphatic rings. The Bertz CT molecular complexity index is 595. The molecule has 2 heterocycles. The Kier molecular flexibility index (Phi) is 4.24. The molecule has 114 valence electrons. The molecule has 1 unspecified atom stereocenters. The van der Waals surface area contributed by atoms with Gasteiger partial charge in [-0.25, -0.2) is 0 Å². The van der Waals surface area contributed by atoms with Crippen LogP contribution in [0, 0.1) is 10.7 Å². The second-order valence-corrected chi connectivity index (χ2v) is 6.41. The summed E-state index contributed by atoms with van der Waals surface area (Å²) in [4.78, 5) is 14.6. The van der Waals surface area contributed by atoms with Crippen molar-refractivity contribution in [3.63, 3.8) is 0 Å². The minimum atomic E-state index is 0.201. The number of aromatic amines is 1. The van der Waals surface area contributed by atoms with E-state index in [0.717, 1.165) is 51.0 Å². The smallest absolute Gasteiger partial charge is 0.226 e. The molecule has 0 bridgehead atoms. The van der Waals surface area contributed by atoms with E-state index in [0.29, 0.717) is 16.6 Å². The lowest BCUT2D eigenvalue weighted by molar-refractivity contribution is -0.136. The van der Waals surface area contributed by atoms with Crippen molar-refractivity contribution < 1.29 is 4.79 Å². The van der Waals surface area contributed by atoms with Crippen LogP contribution in [0.1, 0.15) is 43.8 Å². The van der Waals surface area contributed by atoms with Gasteiger partial charge in [0.15, 0.2) is 4.77 Å². The van der Waals surface area contributed by atoms with Gasteiger partial charge in [0.25, 0.3) is 0 Å². The van der Waals surface area contributed by atoms with Crippen molar-refractivity contribution in [2.24, 2.45) is 13.0 Å². The molecule has 1 saturated heterocycles. The number of carbonyl (C=O) groups is 1. The maximum Gasteiger partial charge on any atom is 0.226 e. The van der Waals surface area contributed by atoms with Gasteiger partial charge in [-0.05, 0) is 44.3 Å². The van der Waals surface area contributed by atoms with Gasteiger partial charge in [-0.15, -0.1) is 0 Å². The molecule has 3 rings (SSSR count). The van der Waals surface area contributed by atoms with E-state index < -0.39 is 0 Å². The van der Waals surface area contributed by atoms with Gasteiger partial charge in [0, 0.05) is 32.0 Å². The Balaban J connectivity index is 1.60. The minimum Gasteiger partial charge on any atom is -0.342 e. The van der Waals surface area contributed by atoms with E-state index in [1.54, 1.807) is 0 Å². The number of rotatable bonds is 2. The van der Waals surface area contributed by atoms with Crippen LogP contribution in [0.2, 0.25) is 0 Å². The fourth-order valence-electron chi connectivity index (χ4n) is 3.36. The first-order chi connectivity index (χ1) is 10.2. The van der Waals surface area contributed by atoms with Gasteiger partial charge < -0.3 is 9.47 Å². The van der Waals surface area contributed by atoms with Crippen LogP contribution in [0.4, 0.5) is 0 Å². The molecule has 0 saturated carbocycles. The van der Waals surface area contributed by atoms with Gasteiger partial charge in [-0.2, -0.15) is 5.10 Å². The highest BCUT2D eigenvalue weighted by Gasteiger charge is 2.30. The van der Waals surface area contributed by atoms with Crippen LogP contribution >= 0.6 is 12.2 Å². The Hall–Kier alpha value is -1.43. The number of amides is 1. The summed E-state index contributed by atoms with van der Waals surface area (Å²) >= 11 is 5.17. The zero-order chi connectivity index (χ0) is 14.8. The van der Waals surface area contributed by atoms with Crippen LogP contribution < -0.4 is 0 Å². The second-order valence-electron chi connectivity index (χ2n) is 6.03. The molecular weight excluding hydrogens is 284 g/mol. The minimum absolute atomic E-state index is 0.201. The standard InChI is InChI=1S/C15H22N4OS/c1-18-13(16-17-15(18)21)11-7-9-19(10-8-11)14(20)12-5-3-2-4-6-12/h2-3,11-12H,4-10H2,1H3,(H,17,21). The van der Waals surface area contributed by atoms with E-state index in [1.165, 1.54) is 0 Å². The normalized spacial score (nSPS) is 23.5. The molecule has 0 radical (unpaired) electrons. The average Bonchev–Trinajstić information content (AvgIpc) is 2.87. The third kappa shape index (κ3) is 2.95. The number of aromatic nitrogens is 3. The summed E-state index contributed by atoms with van der Waals surface area (Å²) in [6, 6.07) is 0. The van der Waals surface area contributed by atoms with Crippen LogP contribution in [-0.2, 0) is 11.8 Å². The monoisotopic (exact) mass is 306 g/mol. The van der Waals surface area contributed by atoms with E-state index in [9.17, 15) is 4.79 Å². The summed E-state index contributed by atoms with van der Waals surface area (Å²) in [7, 11) is 1.95. The quantitative estimate of drug-likeness (QED) is 0.675. The zero-order valence-electron chi connectivity index (χ0n) is 12.4. The highest BCUT2D eigenvalue weighted by molar-refractivity contribution is 7.71. The third-order valence-corrected chi connectivity index (χ3v) is 5.07. The number of piperidine rings is 1. The van der Waals surface area contributed by atoms with Crippen LogP contribution in [0.25, 0.3) is 0 Å². The molecule has 5 nitrogen and oxygen atoms in total. The highest BCUT2D eigenvalue weighted by Crippen LogP contribution is 2.28. The average molecular weight is 306 g/mol. The first-order valence-corrected chi connectivity index (χ1v) is 8.12. The van der Waals surface area contributed by atoms with Gasteiger partial charge in [0.1, 0.15) is 5.82 Å². The maximum absolute atomic E-state index is 12.5. The number of allylic oxidation sites excluding steroid dienone is 2. The summed E-state index contributed by atoms with van der Waals surface area (Å²) in [5.74, 6) is 1.96. The molecule has 1 aliphatic heterocycles. The molecule has 1 atom stereocenters. The van der Waals surface area contributed by atoms with E-state index in [2.05, 4.69) is 22.3 Å². The van der Waals surface area contributed by atoms with Gasteiger partial charge >= 0.3 is 0 Å². The second kappa shape index (κ2) is 6.13. The largest absolute Gasteiger partial charge is 0.342 e. The Morgan fingerprint density at radius 1 is 1.33 bits per heavy atom.